The van der Waals surface area contributed by atoms with Gasteiger partial charge in [-0.2, -0.15) is 0 Å². The Bertz CT molecular complexity index is 891. The molecule has 1 unspecified atom stereocenters. The summed E-state index contributed by atoms with van der Waals surface area (Å²) in [6.07, 6.45) is -0.0889. The third kappa shape index (κ3) is 4.30. The molecule has 0 radical (unpaired) electrons. The minimum Gasteiger partial charge on any atom is -0.324 e. The molecule has 3 amide bonds. The average molecular weight is 410 g/mol. The Kier molecular flexibility index (Phi) is 5.70. The standard InChI is InChI=1S/C17H13Cl2N3O3S/c18-9-5-6-11(19)10(7-9)16(24)22-21-15(23)8-14-17(25)20-12-3-1-2-4-13(12)26-14/h1-7,14H,8H2,(H,20,25)(H,21,23)(H,22,24). The van der Waals surface area contributed by atoms with Crippen molar-refractivity contribution < 1.29 is 14.4 Å². The summed E-state index contributed by atoms with van der Waals surface area (Å²) >= 11 is 13.1. The SMILES string of the molecule is O=C(CC1Sc2ccccc2NC1=O)NNC(=O)c1cc(Cl)ccc1Cl. The van der Waals surface area contributed by atoms with E-state index < -0.39 is 17.1 Å². The van der Waals surface area contributed by atoms with Gasteiger partial charge in [0.1, 0.15) is 0 Å². The van der Waals surface area contributed by atoms with E-state index >= 15 is 0 Å². The van der Waals surface area contributed by atoms with E-state index in [1.54, 1.807) is 12.1 Å². The number of rotatable bonds is 3. The molecule has 0 aromatic heterocycles. The summed E-state index contributed by atoms with van der Waals surface area (Å²) in [5, 5.41) is 2.73. The molecule has 2 aromatic carbocycles. The Labute approximate surface area is 163 Å². The highest BCUT2D eigenvalue weighted by atomic mass is 35.5. The number of thioether (sulfide) groups is 1. The number of hydrazine groups is 1. The summed E-state index contributed by atoms with van der Waals surface area (Å²) < 4.78 is 0. The summed E-state index contributed by atoms with van der Waals surface area (Å²) in [4.78, 5) is 37.2. The first-order valence-corrected chi connectivity index (χ1v) is 9.18. The molecule has 0 fully saturated rings. The monoisotopic (exact) mass is 409 g/mol. The van der Waals surface area contributed by atoms with Gasteiger partial charge in [-0.05, 0) is 30.3 Å². The zero-order valence-electron chi connectivity index (χ0n) is 13.2. The van der Waals surface area contributed by atoms with Crippen LogP contribution < -0.4 is 16.2 Å². The number of para-hydroxylation sites is 1. The molecule has 3 rings (SSSR count). The highest BCUT2D eigenvalue weighted by Crippen LogP contribution is 2.36. The maximum atomic E-state index is 12.1. The van der Waals surface area contributed by atoms with Crippen molar-refractivity contribution in [2.75, 3.05) is 5.32 Å². The quantitative estimate of drug-likeness (QED) is 0.678. The van der Waals surface area contributed by atoms with Crippen LogP contribution in [0.2, 0.25) is 10.0 Å². The molecular formula is C17H13Cl2N3O3S. The van der Waals surface area contributed by atoms with Gasteiger partial charge in [-0.15, -0.1) is 11.8 Å². The second-order valence-corrected chi connectivity index (χ2v) is 7.51. The number of hydrogen-bond acceptors (Lipinski definition) is 4. The highest BCUT2D eigenvalue weighted by molar-refractivity contribution is 8.01. The number of carbonyl (C=O) groups excluding carboxylic acids is 3. The van der Waals surface area contributed by atoms with Crippen LogP contribution in [0.5, 0.6) is 0 Å². The van der Waals surface area contributed by atoms with Crippen molar-refractivity contribution in [2.45, 2.75) is 16.6 Å². The molecule has 26 heavy (non-hydrogen) atoms. The van der Waals surface area contributed by atoms with Crippen LogP contribution in [0.15, 0.2) is 47.4 Å². The minimum atomic E-state index is -0.600. The Morgan fingerprint density at radius 3 is 2.69 bits per heavy atom. The third-order valence-corrected chi connectivity index (χ3v) is 5.41. The number of amides is 3. The van der Waals surface area contributed by atoms with E-state index in [0.717, 1.165) is 10.6 Å². The van der Waals surface area contributed by atoms with Gasteiger partial charge in [-0.3, -0.25) is 25.2 Å². The first-order valence-electron chi connectivity index (χ1n) is 7.55. The fourth-order valence-electron chi connectivity index (χ4n) is 2.31. The van der Waals surface area contributed by atoms with Gasteiger partial charge in [-0.1, -0.05) is 35.3 Å². The van der Waals surface area contributed by atoms with E-state index in [9.17, 15) is 14.4 Å². The smallest absolute Gasteiger partial charge is 0.271 e. The lowest BCUT2D eigenvalue weighted by Gasteiger charge is -2.23. The third-order valence-electron chi connectivity index (χ3n) is 3.57. The van der Waals surface area contributed by atoms with Crippen molar-refractivity contribution in [3.63, 3.8) is 0 Å². The molecule has 0 spiro atoms. The minimum absolute atomic E-state index is 0.0889. The molecule has 0 bridgehead atoms. The van der Waals surface area contributed by atoms with Crippen LogP contribution in [0.3, 0.4) is 0 Å². The summed E-state index contributed by atoms with van der Waals surface area (Å²) in [5.41, 5.74) is 5.42. The van der Waals surface area contributed by atoms with Crippen LogP contribution in [-0.2, 0) is 9.59 Å². The zero-order chi connectivity index (χ0) is 18.7. The van der Waals surface area contributed by atoms with Gasteiger partial charge < -0.3 is 5.32 Å². The predicted octanol–water partition coefficient (Wildman–Crippen LogP) is 3.26. The molecule has 0 aliphatic carbocycles. The van der Waals surface area contributed by atoms with Gasteiger partial charge in [0, 0.05) is 16.3 Å². The Balaban J connectivity index is 1.57. The number of fused-ring (bicyclic) bond motifs is 1. The molecule has 3 N–H and O–H groups in total. The summed E-state index contributed by atoms with van der Waals surface area (Å²) in [6, 6.07) is 11.8. The van der Waals surface area contributed by atoms with Crippen molar-refractivity contribution in [1.82, 2.24) is 10.9 Å². The number of anilines is 1. The number of nitrogens with one attached hydrogen (secondary N) is 3. The first-order chi connectivity index (χ1) is 12.4. The van der Waals surface area contributed by atoms with Crippen molar-refractivity contribution in [3.8, 4) is 0 Å². The van der Waals surface area contributed by atoms with E-state index in [2.05, 4.69) is 16.2 Å². The largest absolute Gasteiger partial charge is 0.324 e. The fourth-order valence-corrected chi connectivity index (χ4v) is 3.80. The Morgan fingerprint density at radius 1 is 1.12 bits per heavy atom. The van der Waals surface area contributed by atoms with E-state index in [1.807, 2.05) is 18.2 Å². The molecule has 6 nitrogen and oxygen atoms in total. The van der Waals surface area contributed by atoms with Crippen molar-refractivity contribution in [2.24, 2.45) is 0 Å². The van der Waals surface area contributed by atoms with Crippen molar-refractivity contribution in [1.29, 1.82) is 0 Å². The molecule has 0 saturated carbocycles. The molecule has 1 heterocycles. The van der Waals surface area contributed by atoms with Gasteiger partial charge >= 0.3 is 0 Å². The molecule has 2 aromatic rings. The average Bonchev–Trinajstić information content (AvgIpc) is 2.62. The number of halogens is 2. The number of carbonyl (C=O) groups is 3. The first kappa shape index (κ1) is 18.6. The van der Waals surface area contributed by atoms with E-state index in [-0.39, 0.29) is 22.9 Å². The molecule has 1 aliphatic rings. The number of benzene rings is 2. The van der Waals surface area contributed by atoms with E-state index in [4.69, 9.17) is 23.2 Å². The molecular weight excluding hydrogens is 397 g/mol. The van der Waals surface area contributed by atoms with Gasteiger partial charge in [0.2, 0.25) is 11.8 Å². The van der Waals surface area contributed by atoms with Gasteiger partial charge in [0.15, 0.2) is 0 Å². The van der Waals surface area contributed by atoms with Crippen molar-refractivity contribution >= 4 is 58.4 Å². The lowest BCUT2D eigenvalue weighted by Crippen LogP contribution is -2.44. The van der Waals surface area contributed by atoms with E-state index in [1.165, 1.54) is 23.9 Å². The zero-order valence-corrected chi connectivity index (χ0v) is 15.5. The second-order valence-electron chi connectivity index (χ2n) is 5.42. The van der Waals surface area contributed by atoms with Crippen LogP contribution in [0.4, 0.5) is 5.69 Å². The van der Waals surface area contributed by atoms with Crippen LogP contribution in [0, 0.1) is 0 Å². The normalized spacial score (nSPS) is 15.6. The van der Waals surface area contributed by atoms with Crippen molar-refractivity contribution in [3.05, 3.63) is 58.1 Å². The molecule has 9 heteroatoms. The highest BCUT2D eigenvalue weighted by Gasteiger charge is 2.28. The van der Waals surface area contributed by atoms with Crippen LogP contribution in [0.1, 0.15) is 16.8 Å². The maximum Gasteiger partial charge on any atom is 0.271 e. The van der Waals surface area contributed by atoms with E-state index in [0.29, 0.717) is 5.02 Å². The van der Waals surface area contributed by atoms with Gasteiger partial charge in [0.25, 0.3) is 5.91 Å². The lowest BCUT2D eigenvalue weighted by molar-refractivity contribution is -0.124. The summed E-state index contributed by atoms with van der Waals surface area (Å²) in [6.45, 7) is 0. The molecule has 0 saturated heterocycles. The summed E-state index contributed by atoms with van der Waals surface area (Å²) in [7, 11) is 0. The fraction of sp³-hybridized carbons (Fsp3) is 0.118. The van der Waals surface area contributed by atoms with Gasteiger partial charge in [-0.25, -0.2) is 0 Å². The maximum absolute atomic E-state index is 12.1. The summed E-state index contributed by atoms with van der Waals surface area (Å²) in [5.74, 6) is -1.35. The number of hydrogen-bond donors (Lipinski definition) is 3. The lowest BCUT2D eigenvalue weighted by atomic mass is 10.2. The predicted molar refractivity (Wildman–Crippen MR) is 101 cm³/mol. The van der Waals surface area contributed by atoms with Crippen LogP contribution in [-0.4, -0.2) is 23.0 Å². The Morgan fingerprint density at radius 2 is 1.88 bits per heavy atom. The van der Waals surface area contributed by atoms with Crippen LogP contribution >= 0.6 is 35.0 Å². The van der Waals surface area contributed by atoms with Crippen LogP contribution in [0.25, 0.3) is 0 Å². The second kappa shape index (κ2) is 7.99. The molecule has 134 valence electrons. The molecule has 1 aliphatic heterocycles. The topological polar surface area (TPSA) is 87.3 Å². The Hall–Kier alpha value is -2.22. The van der Waals surface area contributed by atoms with Gasteiger partial charge in [0.05, 0.1) is 21.5 Å². The molecule has 1 atom stereocenters.